The van der Waals surface area contributed by atoms with Crippen LogP contribution in [-0.2, 0) is 21.2 Å². The first kappa shape index (κ1) is 23.6. The lowest BCUT2D eigenvalue weighted by atomic mass is 10.1. The van der Waals surface area contributed by atoms with E-state index in [1.165, 1.54) is 25.3 Å². The summed E-state index contributed by atoms with van der Waals surface area (Å²) in [5, 5.41) is 5.06. The van der Waals surface area contributed by atoms with Crippen molar-refractivity contribution in [1.82, 2.24) is 5.32 Å². The molecule has 172 valence electrons. The van der Waals surface area contributed by atoms with E-state index in [-0.39, 0.29) is 17.0 Å². The van der Waals surface area contributed by atoms with Crippen LogP contribution in [0.5, 0.6) is 5.75 Å². The number of amides is 3. The van der Waals surface area contributed by atoms with Gasteiger partial charge < -0.3 is 21.1 Å². The number of hydrogen-bond acceptors (Lipinski definition) is 5. The van der Waals surface area contributed by atoms with Gasteiger partial charge in [-0.05, 0) is 48.0 Å². The molecular weight excluding hydrogens is 444 g/mol. The van der Waals surface area contributed by atoms with E-state index >= 15 is 0 Å². The Bertz CT molecular complexity index is 1220. The van der Waals surface area contributed by atoms with Crippen molar-refractivity contribution in [2.24, 2.45) is 5.73 Å². The summed E-state index contributed by atoms with van der Waals surface area (Å²) in [4.78, 5) is 24.2. The van der Waals surface area contributed by atoms with Crippen LogP contribution in [-0.4, -0.2) is 33.5 Å². The normalized spacial score (nSPS) is 11.8. The van der Waals surface area contributed by atoms with E-state index < -0.39 is 28.0 Å². The second-order valence-corrected chi connectivity index (χ2v) is 8.78. The molecule has 9 nitrogen and oxygen atoms in total. The van der Waals surface area contributed by atoms with Gasteiger partial charge in [0.05, 0.1) is 12.0 Å². The fraction of sp³-hybridized carbons (Fsp3) is 0.130. The summed E-state index contributed by atoms with van der Waals surface area (Å²) in [7, 11) is -2.39. The van der Waals surface area contributed by atoms with Gasteiger partial charge in [0.15, 0.2) is 0 Å². The van der Waals surface area contributed by atoms with Crippen molar-refractivity contribution in [3.8, 4) is 5.75 Å². The maximum absolute atomic E-state index is 12.8. The SMILES string of the molecule is COc1ccc(NS(=O)(=O)c2cccc(NC(=O)[C@@H](Cc3ccccc3)NC(N)=O)c2)cc1. The molecule has 0 saturated carbocycles. The van der Waals surface area contributed by atoms with Gasteiger partial charge in [-0.1, -0.05) is 36.4 Å². The molecule has 0 aromatic heterocycles. The number of carbonyl (C=O) groups excluding carboxylic acids is 2. The van der Waals surface area contributed by atoms with Crippen LogP contribution >= 0.6 is 0 Å². The number of rotatable bonds is 9. The summed E-state index contributed by atoms with van der Waals surface area (Å²) in [6, 6.07) is 19.5. The van der Waals surface area contributed by atoms with E-state index in [2.05, 4.69) is 15.4 Å². The standard InChI is InChI=1S/C23H24N4O5S/c1-32-19-12-10-17(11-13-19)27-33(30,31)20-9-5-8-18(15-20)25-22(28)21(26-23(24)29)14-16-6-3-2-4-7-16/h2-13,15,21,27H,14H2,1H3,(H,25,28)(H3,24,26,29)/t21-/m1/s1. The largest absolute Gasteiger partial charge is 0.497 e. The molecule has 3 rings (SSSR count). The van der Waals surface area contributed by atoms with Crippen molar-refractivity contribution < 1.29 is 22.7 Å². The number of hydrogen-bond donors (Lipinski definition) is 4. The Hall–Kier alpha value is -4.05. The second-order valence-electron chi connectivity index (χ2n) is 7.10. The molecule has 0 heterocycles. The van der Waals surface area contributed by atoms with Crippen LogP contribution in [0.15, 0.2) is 83.8 Å². The Labute approximate surface area is 192 Å². The predicted octanol–water partition coefficient (Wildman–Crippen LogP) is 2.71. The van der Waals surface area contributed by atoms with Gasteiger partial charge in [-0.2, -0.15) is 0 Å². The van der Waals surface area contributed by atoms with Gasteiger partial charge in [-0.25, -0.2) is 13.2 Å². The minimum Gasteiger partial charge on any atom is -0.497 e. The molecule has 3 amide bonds. The number of nitrogens with one attached hydrogen (secondary N) is 3. The molecule has 0 aliphatic heterocycles. The maximum Gasteiger partial charge on any atom is 0.312 e. The molecule has 3 aromatic carbocycles. The van der Waals surface area contributed by atoms with E-state index in [1.54, 1.807) is 30.3 Å². The summed E-state index contributed by atoms with van der Waals surface area (Å²) < 4.78 is 33.1. The molecule has 1 atom stereocenters. The van der Waals surface area contributed by atoms with Crippen molar-refractivity contribution >= 4 is 33.3 Å². The van der Waals surface area contributed by atoms with E-state index in [1.807, 2.05) is 30.3 Å². The Kier molecular flexibility index (Phi) is 7.52. The smallest absolute Gasteiger partial charge is 0.312 e. The Balaban J connectivity index is 1.75. The summed E-state index contributed by atoms with van der Waals surface area (Å²) in [5.74, 6) is 0.0626. The lowest BCUT2D eigenvalue weighted by Crippen LogP contribution is -2.47. The molecule has 10 heteroatoms. The third-order valence-corrected chi connectivity index (χ3v) is 6.05. The van der Waals surface area contributed by atoms with Gasteiger partial charge in [-0.3, -0.25) is 9.52 Å². The summed E-state index contributed by atoms with van der Waals surface area (Å²) in [5.41, 5.74) is 6.66. The minimum atomic E-state index is -3.91. The highest BCUT2D eigenvalue weighted by Crippen LogP contribution is 2.21. The van der Waals surface area contributed by atoms with Crippen molar-refractivity contribution in [2.75, 3.05) is 17.1 Å². The van der Waals surface area contributed by atoms with E-state index in [4.69, 9.17) is 10.5 Å². The van der Waals surface area contributed by atoms with Gasteiger partial charge >= 0.3 is 6.03 Å². The average Bonchev–Trinajstić information content (AvgIpc) is 2.79. The van der Waals surface area contributed by atoms with Crippen molar-refractivity contribution in [3.63, 3.8) is 0 Å². The van der Waals surface area contributed by atoms with Gasteiger partial charge in [0.1, 0.15) is 11.8 Å². The monoisotopic (exact) mass is 468 g/mol. The summed E-state index contributed by atoms with van der Waals surface area (Å²) >= 11 is 0. The summed E-state index contributed by atoms with van der Waals surface area (Å²) in [6.45, 7) is 0. The van der Waals surface area contributed by atoms with E-state index in [9.17, 15) is 18.0 Å². The van der Waals surface area contributed by atoms with E-state index in [0.717, 1.165) is 5.56 Å². The van der Waals surface area contributed by atoms with Crippen LogP contribution in [0.2, 0.25) is 0 Å². The van der Waals surface area contributed by atoms with Crippen LogP contribution in [0.4, 0.5) is 16.2 Å². The number of sulfonamides is 1. The third-order valence-electron chi connectivity index (χ3n) is 4.67. The zero-order valence-corrected chi connectivity index (χ0v) is 18.6. The molecular formula is C23H24N4O5S. The molecule has 0 aliphatic rings. The molecule has 0 bridgehead atoms. The number of benzene rings is 3. The molecule has 0 radical (unpaired) electrons. The first-order chi connectivity index (χ1) is 15.8. The topological polar surface area (TPSA) is 140 Å². The molecule has 0 aliphatic carbocycles. The highest BCUT2D eigenvalue weighted by Gasteiger charge is 2.21. The molecule has 0 saturated heterocycles. The number of ether oxygens (including phenoxy) is 1. The molecule has 3 aromatic rings. The van der Waals surface area contributed by atoms with Crippen LogP contribution in [0.25, 0.3) is 0 Å². The predicted molar refractivity (Wildman–Crippen MR) is 126 cm³/mol. The quantitative estimate of drug-likeness (QED) is 0.382. The van der Waals surface area contributed by atoms with Crippen molar-refractivity contribution in [1.29, 1.82) is 0 Å². The molecule has 33 heavy (non-hydrogen) atoms. The van der Waals surface area contributed by atoms with E-state index in [0.29, 0.717) is 11.4 Å². The van der Waals surface area contributed by atoms with Crippen LogP contribution < -0.4 is 25.8 Å². The van der Waals surface area contributed by atoms with Crippen molar-refractivity contribution in [3.05, 3.63) is 84.4 Å². The minimum absolute atomic E-state index is 0.0430. The second kappa shape index (κ2) is 10.5. The van der Waals surface area contributed by atoms with Gasteiger partial charge in [0.2, 0.25) is 5.91 Å². The number of anilines is 2. The zero-order valence-electron chi connectivity index (χ0n) is 17.8. The molecule has 0 spiro atoms. The fourth-order valence-corrected chi connectivity index (χ4v) is 4.18. The number of urea groups is 1. The van der Waals surface area contributed by atoms with Crippen LogP contribution in [0, 0.1) is 0 Å². The average molecular weight is 469 g/mol. The fourth-order valence-electron chi connectivity index (χ4n) is 3.07. The highest BCUT2D eigenvalue weighted by atomic mass is 32.2. The van der Waals surface area contributed by atoms with Crippen molar-refractivity contribution in [2.45, 2.75) is 17.4 Å². The van der Waals surface area contributed by atoms with Gasteiger partial charge in [0, 0.05) is 17.8 Å². The number of carbonyl (C=O) groups is 2. The van der Waals surface area contributed by atoms with Crippen LogP contribution in [0.3, 0.4) is 0 Å². The molecule has 0 fully saturated rings. The lowest BCUT2D eigenvalue weighted by Gasteiger charge is -2.18. The first-order valence-electron chi connectivity index (χ1n) is 9.94. The molecule has 0 unspecified atom stereocenters. The van der Waals surface area contributed by atoms with Gasteiger partial charge in [-0.15, -0.1) is 0 Å². The lowest BCUT2D eigenvalue weighted by molar-refractivity contribution is -0.117. The highest BCUT2D eigenvalue weighted by molar-refractivity contribution is 7.92. The zero-order chi connectivity index (χ0) is 23.8. The van der Waals surface area contributed by atoms with Crippen LogP contribution in [0.1, 0.15) is 5.56 Å². The molecule has 5 N–H and O–H groups in total. The Morgan fingerprint density at radius 3 is 2.27 bits per heavy atom. The maximum atomic E-state index is 12.8. The van der Waals surface area contributed by atoms with Gasteiger partial charge in [0.25, 0.3) is 10.0 Å². The summed E-state index contributed by atoms with van der Waals surface area (Å²) in [6.07, 6.45) is 0.215. The third kappa shape index (κ3) is 6.71. The Morgan fingerprint density at radius 2 is 1.64 bits per heavy atom. The number of methoxy groups -OCH3 is 1. The number of primary amides is 1. The Morgan fingerprint density at radius 1 is 0.939 bits per heavy atom. The first-order valence-corrected chi connectivity index (χ1v) is 11.4. The number of nitrogens with two attached hydrogens (primary N) is 1.